The Bertz CT molecular complexity index is 808. The number of likely N-dealkylation sites (tertiary alicyclic amines) is 1. The number of fused-ring (bicyclic) bond motifs is 1. The van der Waals surface area contributed by atoms with Crippen molar-refractivity contribution >= 4 is 22.0 Å². The second kappa shape index (κ2) is 7.25. The Morgan fingerprint density at radius 1 is 1.31 bits per heavy atom. The molecule has 1 saturated heterocycles. The molecular weight excluding hydrogens is 341 g/mol. The van der Waals surface area contributed by atoms with Gasteiger partial charge in [0.15, 0.2) is 0 Å². The summed E-state index contributed by atoms with van der Waals surface area (Å²) in [5.41, 5.74) is 5.79. The van der Waals surface area contributed by atoms with E-state index in [1.165, 1.54) is 0 Å². The van der Waals surface area contributed by atoms with Crippen LogP contribution < -0.4 is 11.1 Å². The number of piperidine rings is 1. The van der Waals surface area contributed by atoms with Crippen LogP contribution in [0.5, 0.6) is 0 Å². The molecule has 140 valence electrons. The normalized spacial score (nSPS) is 16.8. The number of anilines is 1. The maximum Gasteiger partial charge on any atom is 0.417 e. The molecular formula is C19H23F3N4. The number of nitrogens with two attached hydrogens (primary N) is 1. The molecule has 1 aromatic carbocycles. The van der Waals surface area contributed by atoms with Gasteiger partial charge in [0.05, 0.1) is 17.0 Å². The largest absolute Gasteiger partial charge is 0.417 e. The molecule has 0 atom stereocenters. The molecule has 7 heteroatoms. The molecule has 0 radical (unpaired) electrons. The van der Waals surface area contributed by atoms with E-state index in [-0.39, 0.29) is 12.2 Å². The van der Waals surface area contributed by atoms with Crippen molar-refractivity contribution in [2.75, 3.05) is 25.5 Å². The number of alkyl halides is 3. The van der Waals surface area contributed by atoms with E-state index in [9.17, 15) is 13.2 Å². The number of hydrogen-bond donors (Lipinski definition) is 2. The molecule has 1 aromatic heterocycles. The van der Waals surface area contributed by atoms with E-state index in [2.05, 4.69) is 28.8 Å². The van der Waals surface area contributed by atoms with Gasteiger partial charge in [0.25, 0.3) is 0 Å². The summed E-state index contributed by atoms with van der Waals surface area (Å²) in [4.78, 5) is 6.37. The van der Waals surface area contributed by atoms with Crippen LogP contribution in [0.4, 0.5) is 18.9 Å². The molecule has 0 saturated carbocycles. The van der Waals surface area contributed by atoms with Gasteiger partial charge in [-0.15, -0.1) is 0 Å². The molecule has 3 rings (SSSR count). The summed E-state index contributed by atoms with van der Waals surface area (Å²) in [7, 11) is 2.09. The number of benzene rings is 1. The molecule has 0 amide bonds. The highest BCUT2D eigenvalue weighted by atomic mass is 19.4. The smallest absolute Gasteiger partial charge is 0.382 e. The summed E-state index contributed by atoms with van der Waals surface area (Å²) in [6.07, 6.45) is -2.56. The zero-order valence-electron chi connectivity index (χ0n) is 14.7. The van der Waals surface area contributed by atoms with Crippen LogP contribution in [0.15, 0.2) is 30.8 Å². The minimum absolute atomic E-state index is 0.0661. The van der Waals surface area contributed by atoms with Crippen molar-refractivity contribution < 1.29 is 13.2 Å². The van der Waals surface area contributed by atoms with Crippen LogP contribution in [0, 0.1) is 0 Å². The molecule has 26 heavy (non-hydrogen) atoms. The van der Waals surface area contributed by atoms with Crippen LogP contribution in [0.25, 0.3) is 16.3 Å². The monoisotopic (exact) mass is 364 g/mol. The summed E-state index contributed by atoms with van der Waals surface area (Å²) in [5.74, 6) is 0. The predicted octanol–water partition coefficient (Wildman–Crippen LogP) is 3.78. The summed E-state index contributed by atoms with van der Waals surface area (Å²) in [6, 6.07) is 7.34. The van der Waals surface area contributed by atoms with E-state index >= 15 is 0 Å². The highest BCUT2D eigenvalue weighted by Gasteiger charge is 2.35. The highest BCUT2D eigenvalue weighted by Crippen LogP contribution is 2.37. The molecule has 1 fully saturated rings. The van der Waals surface area contributed by atoms with E-state index in [0.717, 1.165) is 31.6 Å². The summed E-state index contributed by atoms with van der Waals surface area (Å²) in [5, 5.41) is 4.62. The Hall–Kier alpha value is -2.12. The Morgan fingerprint density at radius 2 is 2.00 bits per heavy atom. The predicted molar refractivity (Wildman–Crippen MR) is 98.9 cm³/mol. The van der Waals surface area contributed by atoms with Crippen LogP contribution in [0.2, 0.25) is 0 Å². The van der Waals surface area contributed by atoms with Gasteiger partial charge in [0, 0.05) is 29.0 Å². The van der Waals surface area contributed by atoms with Crippen LogP contribution in [-0.4, -0.2) is 42.2 Å². The summed E-state index contributed by atoms with van der Waals surface area (Å²) >= 11 is 0. The average molecular weight is 364 g/mol. The first-order valence-electron chi connectivity index (χ1n) is 8.64. The zero-order valence-corrected chi connectivity index (χ0v) is 14.7. The molecule has 0 bridgehead atoms. The molecule has 4 nitrogen and oxygen atoms in total. The Kier molecular flexibility index (Phi) is 5.20. The van der Waals surface area contributed by atoms with Gasteiger partial charge in [-0.3, -0.25) is 4.98 Å². The Balaban J connectivity index is 2.04. The lowest BCUT2D eigenvalue weighted by Gasteiger charge is -2.30. The standard InChI is InChI=1S/C19H23F3N4/c1-12(19(20,21)22)18-15-4-3-5-17(16(15)10-14(11-23)25-18)24-13-6-8-26(2)9-7-13/h3-5,10,13,24H,1,6-9,11,23H2,2H3. The van der Waals surface area contributed by atoms with E-state index in [1.54, 1.807) is 18.2 Å². The van der Waals surface area contributed by atoms with Crippen LogP contribution in [0.3, 0.4) is 0 Å². The molecule has 1 aliphatic heterocycles. The second-order valence-electron chi connectivity index (χ2n) is 6.77. The molecule has 3 N–H and O–H groups in total. The summed E-state index contributed by atoms with van der Waals surface area (Å²) < 4.78 is 39.7. The van der Waals surface area contributed by atoms with Gasteiger partial charge in [0.2, 0.25) is 0 Å². The molecule has 0 unspecified atom stereocenters. The number of nitrogens with one attached hydrogen (secondary N) is 1. The van der Waals surface area contributed by atoms with E-state index in [0.29, 0.717) is 22.5 Å². The van der Waals surface area contributed by atoms with Gasteiger partial charge < -0.3 is 16.0 Å². The minimum Gasteiger partial charge on any atom is -0.382 e. The fraction of sp³-hybridized carbons (Fsp3) is 0.421. The Morgan fingerprint density at radius 3 is 2.62 bits per heavy atom. The van der Waals surface area contributed by atoms with Crippen molar-refractivity contribution in [2.45, 2.75) is 31.6 Å². The third-order valence-corrected chi connectivity index (χ3v) is 4.84. The third kappa shape index (κ3) is 3.83. The fourth-order valence-corrected chi connectivity index (χ4v) is 3.30. The third-order valence-electron chi connectivity index (χ3n) is 4.84. The van der Waals surface area contributed by atoms with Crippen LogP contribution in [0.1, 0.15) is 24.2 Å². The quantitative estimate of drug-likeness (QED) is 0.867. The first-order valence-corrected chi connectivity index (χ1v) is 8.64. The van der Waals surface area contributed by atoms with E-state index in [4.69, 9.17) is 5.73 Å². The van der Waals surface area contributed by atoms with Crippen molar-refractivity contribution in [2.24, 2.45) is 5.73 Å². The highest BCUT2D eigenvalue weighted by molar-refractivity contribution is 6.00. The number of pyridine rings is 1. The molecule has 1 aliphatic rings. The SMILES string of the molecule is C=C(c1nc(CN)cc2c(NC3CCN(C)CC3)cccc12)C(F)(F)F. The minimum atomic E-state index is -4.54. The van der Waals surface area contributed by atoms with E-state index in [1.807, 2.05) is 6.07 Å². The Labute approximate surface area is 150 Å². The first-order chi connectivity index (χ1) is 12.3. The maximum atomic E-state index is 13.2. The first kappa shape index (κ1) is 18.7. The van der Waals surface area contributed by atoms with Crippen molar-refractivity contribution in [1.29, 1.82) is 0 Å². The van der Waals surface area contributed by atoms with Gasteiger partial charge in [-0.2, -0.15) is 13.2 Å². The van der Waals surface area contributed by atoms with Crippen LogP contribution in [-0.2, 0) is 6.54 Å². The van der Waals surface area contributed by atoms with Gasteiger partial charge in [-0.1, -0.05) is 18.7 Å². The number of rotatable bonds is 4. The number of hydrogen-bond acceptors (Lipinski definition) is 4. The molecule has 0 aliphatic carbocycles. The molecule has 2 aromatic rings. The van der Waals surface area contributed by atoms with Gasteiger partial charge in [-0.05, 0) is 45.1 Å². The lowest BCUT2D eigenvalue weighted by Crippen LogP contribution is -2.36. The fourth-order valence-electron chi connectivity index (χ4n) is 3.30. The van der Waals surface area contributed by atoms with Crippen molar-refractivity contribution in [1.82, 2.24) is 9.88 Å². The van der Waals surface area contributed by atoms with E-state index < -0.39 is 11.7 Å². The number of halogens is 3. The average Bonchev–Trinajstić information content (AvgIpc) is 2.61. The molecule has 2 heterocycles. The lowest BCUT2D eigenvalue weighted by atomic mass is 10.0. The van der Waals surface area contributed by atoms with Gasteiger partial charge in [0.1, 0.15) is 0 Å². The lowest BCUT2D eigenvalue weighted by molar-refractivity contribution is -0.0688. The maximum absolute atomic E-state index is 13.2. The van der Waals surface area contributed by atoms with Crippen molar-refractivity contribution in [3.05, 3.63) is 42.2 Å². The molecule has 0 spiro atoms. The number of allylic oxidation sites excluding steroid dienone is 1. The zero-order chi connectivity index (χ0) is 18.9. The number of nitrogens with zero attached hydrogens (tertiary/aromatic N) is 2. The summed E-state index contributed by atoms with van der Waals surface area (Å²) in [6.45, 7) is 5.28. The van der Waals surface area contributed by atoms with Crippen molar-refractivity contribution in [3.63, 3.8) is 0 Å². The second-order valence-corrected chi connectivity index (χ2v) is 6.77. The van der Waals surface area contributed by atoms with Gasteiger partial charge in [-0.25, -0.2) is 0 Å². The van der Waals surface area contributed by atoms with Crippen LogP contribution >= 0.6 is 0 Å². The van der Waals surface area contributed by atoms with Gasteiger partial charge >= 0.3 is 6.18 Å². The topological polar surface area (TPSA) is 54.2 Å². The number of aromatic nitrogens is 1. The van der Waals surface area contributed by atoms with Crippen molar-refractivity contribution in [3.8, 4) is 0 Å².